The van der Waals surface area contributed by atoms with E-state index < -0.39 is 12.0 Å². The van der Waals surface area contributed by atoms with Crippen molar-refractivity contribution in [2.24, 2.45) is 5.92 Å². The molecule has 2 N–H and O–H groups in total. The van der Waals surface area contributed by atoms with Gasteiger partial charge in [-0.05, 0) is 52.9 Å². The molecule has 0 amide bonds. The molecule has 1 aliphatic carbocycles. The van der Waals surface area contributed by atoms with Crippen LogP contribution >= 0.6 is 15.9 Å². The predicted molar refractivity (Wildman–Crippen MR) is 66.6 cm³/mol. The van der Waals surface area contributed by atoms with Crippen LogP contribution in [-0.4, -0.2) is 17.1 Å². The third-order valence-electron chi connectivity index (χ3n) is 2.77. The fourth-order valence-corrected chi connectivity index (χ4v) is 2.17. The molecule has 88 valence electrons. The molecule has 4 nitrogen and oxygen atoms in total. The molecule has 0 bridgehead atoms. The average molecular weight is 295 g/mol. The van der Waals surface area contributed by atoms with E-state index in [1.54, 1.807) is 18.2 Å². The number of benzene rings is 1. The van der Waals surface area contributed by atoms with Gasteiger partial charge in [-0.1, -0.05) is 0 Å². The molecule has 1 aliphatic rings. The summed E-state index contributed by atoms with van der Waals surface area (Å²) in [7, 11) is 0. The number of carboxylic acids is 1. The van der Waals surface area contributed by atoms with Gasteiger partial charge in [-0.3, -0.25) is 0 Å². The van der Waals surface area contributed by atoms with Crippen LogP contribution in [0.1, 0.15) is 18.4 Å². The van der Waals surface area contributed by atoms with E-state index in [-0.39, 0.29) is 5.92 Å². The highest BCUT2D eigenvalue weighted by atomic mass is 79.9. The number of anilines is 1. The van der Waals surface area contributed by atoms with Crippen LogP contribution in [-0.2, 0) is 4.79 Å². The van der Waals surface area contributed by atoms with Gasteiger partial charge in [0.1, 0.15) is 6.04 Å². The van der Waals surface area contributed by atoms with Gasteiger partial charge in [0, 0.05) is 10.2 Å². The van der Waals surface area contributed by atoms with Gasteiger partial charge in [0.2, 0.25) is 0 Å². The number of nitrogens with one attached hydrogen (secondary N) is 1. The number of carboxylic acid groups (broad SMARTS) is 1. The molecular formula is C12H11BrN2O2. The minimum Gasteiger partial charge on any atom is -0.480 e. The van der Waals surface area contributed by atoms with Crippen molar-refractivity contribution < 1.29 is 9.90 Å². The molecule has 0 aliphatic heterocycles. The van der Waals surface area contributed by atoms with E-state index in [1.807, 2.05) is 6.07 Å². The molecule has 1 aromatic rings. The van der Waals surface area contributed by atoms with E-state index in [1.165, 1.54) is 0 Å². The highest BCUT2D eigenvalue weighted by Crippen LogP contribution is 2.35. The van der Waals surface area contributed by atoms with Crippen LogP contribution in [0.2, 0.25) is 0 Å². The lowest BCUT2D eigenvalue weighted by Gasteiger charge is -2.16. The van der Waals surface area contributed by atoms with Crippen LogP contribution in [0.25, 0.3) is 0 Å². The standard InChI is InChI=1S/C12H11BrN2O2/c13-9-5-7(6-14)1-4-10(9)15-11(12(16)17)8-2-3-8/h1,4-5,8,11,15H,2-3H2,(H,16,17). The highest BCUT2D eigenvalue weighted by molar-refractivity contribution is 9.10. The third kappa shape index (κ3) is 2.77. The molecule has 2 rings (SSSR count). The van der Waals surface area contributed by atoms with Crippen molar-refractivity contribution in [2.75, 3.05) is 5.32 Å². The summed E-state index contributed by atoms with van der Waals surface area (Å²) in [6, 6.07) is 6.55. The fourth-order valence-electron chi connectivity index (χ4n) is 1.68. The Balaban J connectivity index is 2.17. The van der Waals surface area contributed by atoms with Gasteiger partial charge in [-0.25, -0.2) is 4.79 Å². The predicted octanol–water partition coefficient (Wildman–Crippen LogP) is 2.60. The van der Waals surface area contributed by atoms with Gasteiger partial charge in [-0.2, -0.15) is 5.26 Å². The first-order valence-corrected chi connectivity index (χ1v) is 6.10. The van der Waals surface area contributed by atoms with Crippen molar-refractivity contribution in [2.45, 2.75) is 18.9 Å². The Kier molecular flexibility index (Phi) is 3.34. The van der Waals surface area contributed by atoms with Crippen molar-refractivity contribution in [1.29, 1.82) is 5.26 Å². The van der Waals surface area contributed by atoms with Gasteiger partial charge in [0.25, 0.3) is 0 Å². The van der Waals surface area contributed by atoms with E-state index in [4.69, 9.17) is 10.4 Å². The summed E-state index contributed by atoms with van der Waals surface area (Å²) in [6.45, 7) is 0. The van der Waals surface area contributed by atoms with E-state index in [0.717, 1.165) is 12.8 Å². The van der Waals surface area contributed by atoms with Crippen molar-refractivity contribution in [3.05, 3.63) is 28.2 Å². The van der Waals surface area contributed by atoms with Crippen molar-refractivity contribution >= 4 is 27.6 Å². The van der Waals surface area contributed by atoms with Gasteiger partial charge in [0.15, 0.2) is 0 Å². The largest absolute Gasteiger partial charge is 0.480 e. The third-order valence-corrected chi connectivity index (χ3v) is 3.42. The van der Waals surface area contributed by atoms with Crippen molar-refractivity contribution in [3.8, 4) is 6.07 Å². The molecule has 0 aromatic heterocycles. The molecule has 0 spiro atoms. The Morgan fingerprint density at radius 2 is 2.29 bits per heavy atom. The van der Waals surface area contributed by atoms with Gasteiger partial charge in [0.05, 0.1) is 11.6 Å². The van der Waals surface area contributed by atoms with Crippen LogP contribution in [0.4, 0.5) is 5.69 Å². The number of rotatable bonds is 4. The maximum absolute atomic E-state index is 11.1. The molecule has 5 heteroatoms. The van der Waals surface area contributed by atoms with E-state index in [0.29, 0.717) is 15.7 Å². The summed E-state index contributed by atoms with van der Waals surface area (Å²) in [6.07, 6.45) is 1.91. The first kappa shape index (κ1) is 11.9. The summed E-state index contributed by atoms with van der Waals surface area (Å²) < 4.78 is 0.712. The van der Waals surface area contributed by atoms with Crippen LogP contribution in [0, 0.1) is 17.2 Å². The second-order valence-electron chi connectivity index (χ2n) is 4.10. The zero-order valence-corrected chi connectivity index (χ0v) is 10.6. The zero-order chi connectivity index (χ0) is 12.4. The zero-order valence-electron chi connectivity index (χ0n) is 8.98. The fraction of sp³-hybridized carbons (Fsp3) is 0.333. The average Bonchev–Trinajstić information content (AvgIpc) is 3.10. The quantitative estimate of drug-likeness (QED) is 0.895. The topological polar surface area (TPSA) is 73.1 Å². The van der Waals surface area contributed by atoms with Gasteiger partial charge >= 0.3 is 5.97 Å². The van der Waals surface area contributed by atoms with Gasteiger partial charge in [-0.15, -0.1) is 0 Å². The second kappa shape index (κ2) is 4.76. The van der Waals surface area contributed by atoms with Crippen molar-refractivity contribution in [1.82, 2.24) is 0 Å². The van der Waals surface area contributed by atoms with Crippen LogP contribution in [0.5, 0.6) is 0 Å². The smallest absolute Gasteiger partial charge is 0.326 e. The lowest BCUT2D eigenvalue weighted by Crippen LogP contribution is -2.31. The number of nitriles is 1. The minimum atomic E-state index is -0.830. The molecule has 1 fully saturated rings. The Labute approximate surface area is 107 Å². The molecule has 1 atom stereocenters. The van der Waals surface area contributed by atoms with E-state index in [9.17, 15) is 4.79 Å². The summed E-state index contributed by atoms with van der Waals surface area (Å²) in [4.78, 5) is 11.1. The lowest BCUT2D eigenvalue weighted by atomic mass is 10.1. The molecule has 1 aromatic carbocycles. The molecule has 0 radical (unpaired) electrons. The Hall–Kier alpha value is -1.54. The molecule has 1 saturated carbocycles. The summed E-state index contributed by atoms with van der Waals surface area (Å²) in [5, 5.41) is 20.8. The van der Waals surface area contributed by atoms with Crippen LogP contribution in [0.3, 0.4) is 0 Å². The normalized spacial score (nSPS) is 16.0. The SMILES string of the molecule is N#Cc1ccc(NC(C(=O)O)C2CC2)c(Br)c1. The molecule has 1 unspecified atom stereocenters. The molecule has 0 heterocycles. The number of carbonyl (C=O) groups is 1. The minimum absolute atomic E-state index is 0.218. The lowest BCUT2D eigenvalue weighted by molar-refractivity contribution is -0.138. The number of aliphatic carboxylic acids is 1. The highest BCUT2D eigenvalue weighted by Gasteiger charge is 2.36. The maximum atomic E-state index is 11.1. The van der Waals surface area contributed by atoms with E-state index >= 15 is 0 Å². The molecule has 17 heavy (non-hydrogen) atoms. The second-order valence-corrected chi connectivity index (χ2v) is 4.96. The Bertz CT molecular complexity index is 492. The molecule has 0 saturated heterocycles. The Morgan fingerprint density at radius 1 is 1.59 bits per heavy atom. The van der Waals surface area contributed by atoms with E-state index in [2.05, 4.69) is 21.2 Å². The summed E-state index contributed by atoms with van der Waals surface area (Å²) in [5.74, 6) is -0.612. The molecular weight excluding hydrogens is 284 g/mol. The van der Waals surface area contributed by atoms with Crippen LogP contribution < -0.4 is 5.32 Å². The van der Waals surface area contributed by atoms with Crippen molar-refractivity contribution in [3.63, 3.8) is 0 Å². The number of hydrogen-bond donors (Lipinski definition) is 2. The van der Waals surface area contributed by atoms with Gasteiger partial charge < -0.3 is 10.4 Å². The summed E-state index contributed by atoms with van der Waals surface area (Å²) >= 11 is 3.33. The summed E-state index contributed by atoms with van der Waals surface area (Å²) in [5.41, 5.74) is 1.25. The number of hydrogen-bond acceptors (Lipinski definition) is 3. The first-order valence-electron chi connectivity index (χ1n) is 5.31. The number of halogens is 1. The first-order chi connectivity index (χ1) is 8.11. The monoisotopic (exact) mass is 294 g/mol. The number of nitrogens with zero attached hydrogens (tertiary/aromatic N) is 1. The maximum Gasteiger partial charge on any atom is 0.326 e. The Morgan fingerprint density at radius 3 is 2.76 bits per heavy atom. The van der Waals surface area contributed by atoms with Crippen LogP contribution in [0.15, 0.2) is 22.7 Å².